The molecule has 1 aromatic rings. The Morgan fingerprint density at radius 1 is 0.741 bits per heavy atom. The van der Waals surface area contributed by atoms with Crippen molar-refractivity contribution in [2.24, 2.45) is 0 Å². The first kappa shape index (κ1) is 48.8. The van der Waals surface area contributed by atoms with Crippen LogP contribution >= 0.6 is 0 Å². The summed E-state index contributed by atoms with van der Waals surface area (Å²) in [6.45, 7) is 48.0. The first-order valence-corrected chi connectivity index (χ1v) is 29.1. The summed E-state index contributed by atoms with van der Waals surface area (Å²) in [5.41, 5.74) is 3.90. The Labute approximate surface area is 335 Å². The van der Waals surface area contributed by atoms with Gasteiger partial charge in [-0.25, -0.2) is 4.79 Å². The highest BCUT2D eigenvalue weighted by atomic mass is 28.4. The van der Waals surface area contributed by atoms with Crippen molar-refractivity contribution in [3.05, 3.63) is 34.9 Å². The third-order valence-electron chi connectivity index (χ3n) is 12.3. The second-order valence-electron chi connectivity index (χ2n) is 20.6. The van der Waals surface area contributed by atoms with Gasteiger partial charge in [0.2, 0.25) is 6.29 Å². The van der Waals surface area contributed by atoms with E-state index < -0.39 is 61.6 Å². The zero-order chi connectivity index (χ0) is 42.2. The number of hydrogen-bond acceptors (Lipinski definition) is 9. The fourth-order valence-corrected chi connectivity index (χ4v) is 10.2. The molecule has 1 aliphatic rings. The maximum atomic E-state index is 14.3. The molecule has 1 aromatic carbocycles. The smallest absolute Gasteiger partial charge is 0.338 e. The quantitative estimate of drug-likeness (QED) is 0.103. The molecule has 0 saturated carbocycles. The Morgan fingerprint density at radius 3 is 1.57 bits per heavy atom. The Bertz CT molecular complexity index is 1460. The third kappa shape index (κ3) is 10.8. The Balaban J connectivity index is 3.14. The van der Waals surface area contributed by atoms with Gasteiger partial charge in [-0.2, -0.15) is 0 Å². The summed E-state index contributed by atoms with van der Waals surface area (Å²) < 4.78 is 54.1. The van der Waals surface area contributed by atoms with Gasteiger partial charge < -0.3 is 36.7 Å². The summed E-state index contributed by atoms with van der Waals surface area (Å²) in [5.74, 6) is 0.550. The standard InChI is InChI=1S/C41H78O9Si4/c1-23-24-44-36(42)34-32(48-52(17,18)39(7,8)9)33(49-53(19,20)40(10,11)12)35(50-54(21,22)41(13,14)15)37(47-34)46-30-27(3)26(2)29(38(4,5)6)28(25-45-51)31(30)43-16/h23,32-35,37H,1,24-25H2,2-22,51H3/t32-,33+,34+,35-,37-/m1/s1. The lowest BCUT2D eigenvalue weighted by atomic mass is 9.79. The lowest BCUT2D eigenvalue weighted by Gasteiger charge is -2.53. The second kappa shape index (κ2) is 17.3. The number of hydrogen-bond donors (Lipinski definition) is 0. The lowest BCUT2D eigenvalue weighted by molar-refractivity contribution is -0.263. The Morgan fingerprint density at radius 2 is 1.19 bits per heavy atom. The molecule has 0 N–H and O–H groups in total. The number of ether oxygens (including phenoxy) is 4. The zero-order valence-electron chi connectivity index (χ0n) is 38.3. The maximum Gasteiger partial charge on any atom is 0.338 e. The molecular weight excluding hydrogens is 749 g/mol. The molecule has 1 saturated heterocycles. The van der Waals surface area contributed by atoms with Gasteiger partial charge in [0.15, 0.2) is 42.6 Å². The summed E-state index contributed by atoms with van der Waals surface area (Å²) in [5, 5.41) is -0.505. The third-order valence-corrected chi connectivity index (χ3v) is 26.0. The first-order valence-electron chi connectivity index (χ1n) is 19.5. The Kier molecular flexibility index (Phi) is 15.6. The van der Waals surface area contributed by atoms with Crippen LogP contribution < -0.4 is 9.47 Å². The average molecular weight is 827 g/mol. The van der Waals surface area contributed by atoms with Crippen LogP contribution in [-0.4, -0.2) is 85.8 Å². The normalized spacial score (nSPS) is 22.3. The van der Waals surface area contributed by atoms with Crippen molar-refractivity contribution in [1.82, 2.24) is 0 Å². The molecular formula is C41H78O9Si4. The van der Waals surface area contributed by atoms with Crippen LogP contribution in [0, 0.1) is 13.8 Å². The Hall–Kier alpha value is -1.30. The molecule has 13 heteroatoms. The van der Waals surface area contributed by atoms with E-state index >= 15 is 0 Å². The molecule has 54 heavy (non-hydrogen) atoms. The number of benzene rings is 1. The van der Waals surface area contributed by atoms with Crippen LogP contribution in [0.4, 0.5) is 0 Å². The van der Waals surface area contributed by atoms with E-state index in [9.17, 15) is 4.79 Å². The van der Waals surface area contributed by atoms with Crippen LogP contribution in [0.5, 0.6) is 11.5 Å². The molecule has 2 rings (SSSR count). The predicted molar refractivity (Wildman–Crippen MR) is 233 cm³/mol. The molecule has 1 aliphatic heterocycles. The predicted octanol–water partition coefficient (Wildman–Crippen LogP) is 9.41. The number of esters is 1. The van der Waals surface area contributed by atoms with Crippen molar-refractivity contribution in [3.63, 3.8) is 0 Å². The zero-order valence-corrected chi connectivity index (χ0v) is 43.3. The minimum atomic E-state index is -2.56. The average Bonchev–Trinajstić information content (AvgIpc) is 2.98. The summed E-state index contributed by atoms with van der Waals surface area (Å²) >= 11 is 0. The number of carbonyl (C=O) groups excluding carboxylic acids is 1. The van der Waals surface area contributed by atoms with Gasteiger partial charge in [0.25, 0.3) is 0 Å². The van der Waals surface area contributed by atoms with Crippen molar-refractivity contribution < 1.29 is 41.4 Å². The molecule has 5 atom stereocenters. The number of carbonyl (C=O) groups is 1. The van der Waals surface area contributed by atoms with Crippen LogP contribution in [0.2, 0.25) is 54.4 Å². The van der Waals surface area contributed by atoms with E-state index in [1.807, 2.05) is 6.92 Å². The fraction of sp³-hybridized carbons (Fsp3) is 0.780. The largest absolute Gasteiger partial charge is 0.492 e. The van der Waals surface area contributed by atoms with Gasteiger partial charge in [0.05, 0.1) is 13.7 Å². The highest BCUT2D eigenvalue weighted by Crippen LogP contribution is 2.49. The van der Waals surface area contributed by atoms with E-state index in [4.69, 9.17) is 36.7 Å². The van der Waals surface area contributed by atoms with Crippen LogP contribution in [0.3, 0.4) is 0 Å². The summed E-state index contributed by atoms with van der Waals surface area (Å²) in [7, 11) is -5.46. The van der Waals surface area contributed by atoms with Gasteiger partial charge in [-0.15, -0.1) is 0 Å². The maximum absolute atomic E-state index is 14.3. The number of rotatable bonds is 14. The lowest BCUT2D eigenvalue weighted by Crippen LogP contribution is -2.69. The fourth-order valence-electron chi connectivity index (χ4n) is 6.03. The second-order valence-corrected chi connectivity index (χ2v) is 35.5. The molecule has 0 bridgehead atoms. The van der Waals surface area contributed by atoms with E-state index in [-0.39, 0.29) is 27.1 Å². The van der Waals surface area contributed by atoms with Crippen LogP contribution in [-0.2, 0) is 44.0 Å². The van der Waals surface area contributed by atoms with Crippen molar-refractivity contribution in [3.8, 4) is 11.5 Å². The van der Waals surface area contributed by atoms with Crippen molar-refractivity contribution in [1.29, 1.82) is 0 Å². The number of methoxy groups -OCH3 is 1. The SMILES string of the molecule is C=CCOC(=O)[C@H]1O[C@@H](Oc2c(C)c(C)c(C(C)(C)C)c(CO[SiH3])c2OC)[C@H](O[Si](C)(C)C(C)(C)C)[C@@H](O[Si](C)(C)C(C)(C)C)[C@H]1O[Si](C)(C)C(C)(C)C. The van der Waals surface area contributed by atoms with Crippen LogP contribution in [0.25, 0.3) is 0 Å². The van der Waals surface area contributed by atoms with Crippen LogP contribution in [0.15, 0.2) is 12.7 Å². The van der Waals surface area contributed by atoms with Crippen LogP contribution in [0.1, 0.15) is 105 Å². The van der Waals surface area contributed by atoms with Crippen molar-refractivity contribution in [2.45, 2.75) is 194 Å². The van der Waals surface area contributed by atoms with E-state index in [1.54, 1.807) is 13.2 Å². The van der Waals surface area contributed by atoms with E-state index in [0.29, 0.717) is 28.6 Å². The van der Waals surface area contributed by atoms with Gasteiger partial charge in [-0.1, -0.05) is 95.7 Å². The van der Waals surface area contributed by atoms with Gasteiger partial charge in [-0.05, 0) is 90.3 Å². The van der Waals surface area contributed by atoms with E-state index in [2.05, 4.69) is 136 Å². The molecule has 0 radical (unpaired) electrons. The van der Waals surface area contributed by atoms with Crippen molar-refractivity contribution >= 4 is 41.4 Å². The molecule has 0 unspecified atom stereocenters. The molecule has 0 spiro atoms. The van der Waals surface area contributed by atoms with Crippen molar-refractivity contribution in [2.75, 3.05) is 13.7 Å². The molecule has 0 aliphatic carbocycles. The molecule has 9 nitrogen and oxygen atoms in total. The molecule has 1 heterocycles. The van der Waals surface area contributed by atoms with Gasteiger partial charge in [-0.3, -0.25) is 0 Å². The summed E-state index contributed by atoms with van der Waals surface area (Å²) in [6, 6.07) is 0. The summed E-state index contributed by atoms with van der Waals surface area (Å²) in [4.78, 5) is 14.3. The minimum absolute atomic E-state index is 0.0266. The highest BCUT2D eigenvalue weighted by molar-refractivity contribution is 6.75. The van der Waals surface area contributed by atoms with E-state index in [1.165, 1.54) is 0 Å². The van der Waals surface area contributed by atoms with E-state index in [0.717, 1.165) is 22.3 Å². The first-order chi connectivity index (χ1) is 24.2. The topological polar surface area (TPSA) is 90.9 Å². The van der Waals surface area contributed by atoms with Gasteiger partial charge in [0.1, 0.15) is 35.4 Å². The molecule has 0 aromatic heterocycles. The summed E-state index contributed by atoms with van der Waals surface area (Å²) in [6.07, 6.45) is -3.06. The minimum Gasteiger partial charge on any atom is -0.492 e. The molecule has 312 valence electrons. The highest BCUT2D eigenvalue weighted by Gasteiger charge is 2.59. The molecule has 0 amide bonds. The molecule has 1 fully saturated rings. The van der Waals surface area contributed by atoms with Gasteiger partial charge in [0, 0.05) is 5.56 Å². The van der Waals surface area contributed by atoms with Gasteiger partial charge >= 0.3 is 5.97 Å². The monoisotopic (exact) mass is 826 g/mol.